The van der Waals surface area contributed by atoms with Gasteiger partial charge in [0.05, 0.1) is 4.92 Å². The molecule has 23 heavy (non-hydrogen) atoms. The third kappa shape index (κ3) is 3.06. The van der Waals surface area contributed by atoms with Crippen molar-refractivity contribution in [2.24, 2.45) is 7.05 Å². The molecule has 3 aromatic rings. The maximum absolute atomic E-state index is 11.2. The third-order valence-electron chi connectivity index (χ3n) is 3.65. The highest BCUT2D eigenvalue weighted by Gasteiger charge is 2.22. The molecule has 0 bridgehead atoms. The van der Waals surface area contributed by atoms with Crippen LogP contribution in [0.5, 0.6) is 0 Å². The summed E-state index contributed by atoms with van der Waals surface area (Å²) in [6.07, 6.45) is 3.57. The van der Waals surface area contributed by atoms with Gasteiger partial charge in [0.15, 0.2) is 0 Å². The zero-order chi connectivity index (χ0) is 16.2. The Morgan fingerprint density at radius 1 is 1.13 bits per heavy atom. The number of nitrogens with one attached hydrogen (secondary N) is 1. The standard InChI is InChI=1S/C17H16N4O2/c1-20-12-11-18-17(20)16(13-7-3-2-4-8-13)19-14-9-5-6-10-15(14)21(22)23/h2-12,16,19H,1H3/t16-/m1/s1. The van der Waals surface area contributed by atoms with E-state index in [-0.39, 0.29) is 16.7 Å². The third-order valence-corrected chi connectivity index (χ3v) is 3.65. The molecule has 0 aliphatic rings. The molecule has 1 aromatic heterocycles. The van der Waals surface area contributed by atoms with E-state index in [1.54, 1.807) is 24.4 Å². The summed E-state index contributed by atoms with van der Waals surface area (Å²) in [6.45, 7) is 0. The van der Waals surface area contributed by atoms with Gasteiger partial charge in [0.25, 0.3) is 5.69 Å². The molecule has 0 aliphatic heterocycles. The van der Waals surface area contributed by atoms with Crippen molar-refractivity contribution in [1.29, 1.82) is 0 Å². The number of benzene rings is 2. The van der Waals surface area contributed by atoms with E-state index >= 15 is 0 Å². The molecule has 0 fully saturated rings. The van der Waals surface area contributed by atoms with E-state index in [2.05, 4.69) is 10.3 Å². The van der Waals surface area contributed by atoms with Crippen LogP contribution in [0.25, 0.3) is 0 Å². The molecule has 1 N–H and O–H groups in total. The minimum absolute atomic E-state index is 0.0441. The first-order valence-corrected chi connectivity index (χ1v) is 7.19. The number of para-hydroxylation sites is 2. The molecule has 0 saturated carbocycles. The van der Waals surface area contributed by atoms with E-state index in [0.29, 0.717) is 5.69 Å². The molecule has 0 amide bonds. The van der Waals surface area contributed by atoms with Crippen molar-refractivity contribution in [1.82, 2.24) is 9.55 Å². The molecule has 0 radical (unpaired) electrons. The number of rotatable bonds is 5. The SMILES string of the molecule is Cn1ccnc1[C@H](Nc1ccccc1[N+](=O)[O-])c1ccccc1. The van der Waals surface area contributed by atoms with Crippen LogP contribution in [0.2, 0.25) is 0 Å². The van der Waals surface area contributed by atoms with Crippen molar-refractivity contribution in [2.75, 3.05) is 5.32 Å². The summed E-state index contributed by atoms with van der Waals surface area (Å²) in [6, 6.07) is 16.1. The molecule has 1 heterocycles. The van der Waals surface area contributed by atoms with Crippen molar-refractivity contribution in [3.8, 4) is 0 Å². The Morgan fingerprint density at radius 2 is 1.83 bits per heavy atom. The second kappa shape index (κ2) is 6.31. The number of nitrogens with zero attached hydrogens (tertiary/aromatic N) is 3. The fourth-order valence-corrected chi connectivity index (χ4v) is 2.51. The molecular formula is C17H16N4O2. The van der Waals surface area contributed by atoms with E-state index in [9.17, 15) is 10.1 Å². The fourth-order valence-electron chi connectivity index (χ4n) is 2.51. The predicted molar refractivity (Wildman–Crippen MR) is 88.2 cm³/mol. The van der Waals surface area contributed by atoms with Crippen LogP contribution in [0.15, 0.2) is 67.0 Å². The van der Waals surface area contributed by atoms with E-state index in [1.165, 1.54) is 6.07 Å². The van der Waals surface area contributed by atoms with Crippen LogP contribution in [0.1, 0.15) is 17.4 Å². The Kier molecular flexibility index (Phi) is 4.05. The highest BCUT2D eigenvalue weighted by molar-refractivity contribution is 5.62. The number of imidazole rings is 1. The van der Waals surface area contributed by atoms with Crippen molar-refractivity contribution in [2.45, 2.75) is 6.04 Å². The average molecular weight is 308 g/mol. The lowest BCUT2D eigenvalue weighted by Gasteiger charge is -2.20. The number of hydrogen-bond donors (Lipinski definition) is 1. The summed E-state index contributed by atoms with van der Waals surface area (Å²) < 4.78 is 1.90. The first-order valence-electron chi connectivity index (χ1n) is 7.19. The van der Waals surface area contributed by atoms with Crippen LogP contribution < -0.4 is 5.32 Å². The van der Waals surface area contributed by atoms with Gasteiger partial charge in [0.1, 0.15) is 17.6 Å². The second-order valence-corrected chi connectivity index (χ2v) is 5.16. The summed E-state index contributed by atoms with van der Waals surface area (Å²) in [5.74, 6) is 0.786. The molecule has 2 aromatic carbocycles. The van der Waals surface area contributed by atoms with Gasteiger partial charge in [-0.3, -0.25) is 10.1 Å². The molecule has 3 rings (SSSR count). The molecule has 116 valence electrons. The Bertz CT molecular complexity index is 814. The lowest BCUT2D eigenvalue weighted by Crippen LogP contribution is -2.17. The highest BCUT2D eigenvalue weighted by atomic mass is 16.6. The molecule has 1 atom stereocenters. The van der Waals surface area contributed by atoms with Crippen LogP contribution in [-0.4, -0.2) is 14.5 Å². The van der Waals surface area contributed by atoms with Gasteiger partial charge >= 0.3 is 0 Å². The zero-order valence-electron chi connectivity index (χ0n) is 12.6. The Labute approximate surface area is 133 Å². The fraction of sp³-hybridized carbons (Fsp3) is 0.118. The van der Waals surface area contributed by atoms with Gasteiger partial charge in [-0.05, 0) is 11.6 Å². The van der Waals surface area contributed by atoms with Crippen LogP contribution in [0.3, 0.4) is 0 Å². The lowest BCUT2D eigenvalue weighted by atomic mass is 10.1. The molecular weight excluding hydrogens is 292 g/mol. The Balaban J connectivity index is 2.04. The van der Waals surface area contributed by atoms with Gasteiger partial charge in [-0.25, -0.2) is 4.98 Å². The number of aryl methyl sites for hydroxylation is 1. The summed E-state index contributed by atoms with van der Waals surface area (Å²) >= 11 is 0. The van der Waals surface area contributed by atoms with Gasteiger partial charge in [0, 0.05) is 25.5 Å². The van der Waals surface area contributed by atoms with Crippen LogP contribution in [-0.2, 0) is 7.05 Å². The molecule has 0 aliphatic carbocycles. The number of aromatic nitrogens is 2. The maximum atomic E-state index is 11.2. The molecule has 6 heteroatoms. The number of nitro benzene ring substituents is 1. The smallest absolute Gasteiger partial charge is 0.292 e. The zero-order valence-corrected chi connectivity index (χ0v) is 12.6. The summed E-state index contributed by atoms with van der Waals surface area (Å²) in [5, 5.41) is 14.5. The monoisotopic (exact) mass is 308 g/mol. The quantitative estimate of drug-likeness (QED) is 0.578. The first-order chi connectivity index (χ1) is 11.2. The van der Waals surface area contributed by atoms with E-state index < -0.39 is 0 Å². The van der Waals surface area contributed by atoms with Crippen LogP contribution in [0.4, 0.5) is 11.4 Å². The van der Waals surface area contributed by atoms with Gasteiger partial charge in [-0.1, -0.05) is 42.5 Å². The van der Waals surface area contributed by atoms with Crippen LogP contribution >= 0.6 is 0 Å². The van der Waals surface area contributed by atoms with Crippen molar-refractivity contribution < 1.29 is 4.92 Å². The van der Waals surface area contributed by atoms with E-state index in [1.807, 2.05) is 48.1 Å². The minimum Gasteiger partial charge on any atom is -0.366 e. The van der Waals surface area contributed by atoms with Crippen molar-refractivity contribution in [3.05, 3.63) is 88.5 Å². The average Bonchev–Trinajstić information content (AvgIpc) is 2.99. The minimum atomic E-state index is -0.386. The van der Waals surface area contributed by atoms with E-state index in [4.69, 9.17) is 0 Å². The number of hydrogen-bond acceptors (Lipinski definition) is 4. The van der Waals surface area contributed by atoms with Crippen molar-refractivity contribution in [3.63, 3.8) is 0 Å². The van der Waals surface area contributed by atoms with Crippen LogP contribution in [0, 0.1) is 10.1 Å². The summed E-state index contributed by atoms with van der Waals surface area (Å²) in [4.78, 5) is 15.2. The molecule has 0 saturated heterocycles. The number of nitro groups is 1. The van der Waals surface area contributed by atoms with Gasteiger partial charge in [0.2, 0.25) is 0 Å². The largest absolute Gasteiger partial charge is 0.366 e. The first kappa shape index (κ1) is 14.8. The topological polar surface area (TPSA) is 73.0 Å². The Morgan fingerprint density at radius 3 is 2.48 bits per heavy atom. The summed E-state index contributed by atoms with van der Waals surface area (Å²) in [5.41, 5.74) is 1.50. The molecule has 6 nitrogen and oxygen atoms in total. The van der Waals surface area contributed by atoms with Gasteiger partial charge < -0.3 is 9.88 Å². The molecule has 0 spiro atoms. The number of anilines is 1. The Hall–Kier alpha value is -3.15. The maximum Gasteiger partial charge on any atom is 0.292 e. The second-order valence-electron chi connectivity index (χ2n) is 5.16. The van der Waals surface area contributed by atoms with Crippen molar-refractivity contribution >= 4 is 11.4 Å². The summed E-state index contributed by atoms with van der Waals surface area (Å²) in [7, 11) is 1.90. The normalized spacial score (nSPS) is 11.9. The highest BCUT2D eigenvalue weighted by Crippen LogP contribution is 2.30. The van der Waals surface area contributed by atoms with Gasteiger partial charge in [-0.2, -0.15) is 0 Å². The molecule has 0 unspecified atom stereocenters. The van der Waals surface area contributed by atoms with E-state index in [0.717, 1.165) is 11.4 Å². The lowest BCUT2D eigenvalue weighted by molar-refractivity contribution is -0.384. The predicted octanol–water partition coefficient (Wildman–Crippen LogP) is 3.53. The van der Waals surface area contributed by atoms with Gasteiger partial charge in [-0.15, -0.1) is 0 Å².